The second kappa shape index (κ2) is 8.60. The molecule has 1 fully saturated rings. The number of nitro benzene ring substituents is 1. The first-order valence-electron chi connectivity index (χ1n) is 12.8. The van der Waals surface area contributed by atoms with Crippen molar-refractivity contribution in [3.63, 3.8) is 0 Å². The molecule has 4 aromatic rings. The molecule has 4 aromatic carbocycles. The highest BCUT2D eigenvalue weighted by molar-refractivity contribution is 6.37. The van der Waals surface area contributed by atoms with E-state index in [9.17, 15) is 29.3 Å². The van der Waals surface area contributed by atoms with E-state index in [0.29, 0.717) is 10.6 Å². The molecule has 1 aliphatic heterocycles. The Kier molecular flexibility index (Phi) is 5.29. The van der Waals surface area contributed by atoms with Gasteiger partial charge in [-0.05, 0) is 23.3 Å². The molecule has 3 aliphatic rings. The van der Waals surface area contributed by atoms with Gasteiger partial charge in [0.05, 0.1) is 10.8 Å². The van der Waals surface area contributed by atoms with E-state index in [1.54, 1.807) is 48.5 Å². The summed E-state index contributed by atoms with van der Waals surface area (Å²) in [4.78, 5) is 69.2. The fourth-order valence-electron chi connectivity index (χ4n) is 6.78. The van der Waals surface area contributed by atoms with E-state index in [1.807, 2.05) is 0 Å². The minimum Gasteiger partial charge on any atom is -0.348 e. The number of ketones is 4. The van der Waals surface area contributed by atoms with Gasteiger partial charge in [-0.3, -0.25) is 29.3 Å². The van der Waals surface area contributed by atoms with Crippen LogP contribution in [0.15, 0.2) is 97.1 Å². The number of hydrogen-bond acceptors (Lipinski definition) is 7. The van der Waals surface area contributed by atoms with Crippen molar-refractivity contribution >= 4 is 40.4 Å². The van der Waals surface area contributed by atoms with E-state index in [4.69, 9.17) is 16.3 Å². The zero-order chi connectivity index (χ0) is 28.7. The van der Waals surface area contributed by atoms with Crippen LogP contribution in [0.4, 0.5) is 5.69 Å². The lowest BCUT2D eigenvalue weighted by atomic mass is 9.60. The number of rotatable bonds is 3. The first kappa shape index (κ1) is 25.2. The van der Waals surface area contributed by atoms with Crippen molar-refractivity contribution in [3.8, 4) is 0 Å². The molecule has 0 saturated carbocycles. The fourth-order valence-corrected chi connectivity index (χ4v) is 6.91. The number of fused-ring (bicyclic) bond motifs is 2. The molecule has 0 amide bonds. The summed E-state index contributed by atoms with van der Waals surface area (Å²) in [7, 11) is 0. The van der Waals surface area contributed by atoms with Gasteiger partial charge >= 0.3 is 0 Å². The van der Waals surface area contributed by atoms with Crippen LogP contribution in [-0.2, 0) is 4.74 Å². The molecule has 8 nitrogen and oxygen atoms in total. The van der Waals surface area contributed by atoms with Crippen molar-refractivity contribution in [2.45, 2.75) is 17.6 Å². The number of carbonyl (C=O) groups is 4. The van der Waals surface area contributed by atoms with E-state index in [1.165, 1.54) is 48.5 Å². The van der Waals surface area contributed by atoms with Crippen LogP contribution in [0.2, 0.25) is 5.02 Å². The topological polar surface area (TPSA) is 121 Å². The van der Waals surface area contributed by atoms with Gasteiger partial charge in [0.15, 0.2) is 11.6 Å². The van der Waals surface area contributed by atoms with Crippen LogP contribution < -0.4 is 0 Å². The van der Waals surface area contributed by atoms with E-state index in [-0.39, 0.29) is 33.5 Å². The minimum atomic E-state index is -2.34. The highest BCUT2D eigenvalue weighted by Gasteiger charge is 2.79. The van der Waals surface area contributed by atoms with Gasteiger partial charge in [0, 0.05) is 39.4 Å². The average molecular weight is 564 g/mol. The Hall–Kier alpha value is -4.79. The molecule has 0 aromatic heterocycles. The molecule has 41 heavy (non-hydrogen) atoms. The molecule has 1 saturated heterocycles. The number of halogens is 1. The van der Waals surface area contributed by atoms with Gasteiger partial charge in [-0.1, -0.05) is 84.4 Å². The summed E-state index contributed by atoms with van der Waals surface area (Å²) in [5, 5.41) is 12.2. The predicted octanol–water partition coefficient (Wildman–Crippen LogP) is 5.99. The molecule has 9 heteroatoms. The molecular formula is C32H18ClNO7. The average Bonchev–Trinajstić information content (AvgIpc) is 3.51. The molecule has 200 valence electrons. The summed E-state index contributed by atoms with van der Waals surface area (Å²) in [5.41, 5.74) is -3.89. The number of ether oxygens (including phenoxy) is 1. The first-order chi connectivity index (χ1) is 19.7. The SMILES string of the molecule is O=C1c2ccccc2C(=O)C12O[C@H](c1ccc(Cl)cc1)C1(C(=O)c3ccccc3C1=O)[C@H]2c1cccc([N+](=O)[O-])c1. The maximum absolute atomic E-state index is 14.6. The Morgan fingerprint density at radius 2 is 1.17 bits per heavy atom. The predicted molar refractivity (Wildman–Crippen MR) is 146 cm³/mol. The maximum Gasteiger partial charge on any atom is 0.269 e. The van der Waals surface area contributed by atoms with Crippen LogP contribution in [0.1, 0.15) is 64.6 Å². The zero-order valence-corrected chi connectivity index (χ0v) is 21.8. The smallest absolute Gasteiger partial charge is 0.269 e. The standard InChI is InChI=1S/C32H18ClNO7/c33-19-14-12-17(13-15-19)30-31(26(35)21-8-1-2-9-22(21)27(31)36)25(18-6-5-7-20(16-18)34(39)40)32(41-30)28(37)23-10-3-4-11-24(23)29(32)38/h1-16,25,30H/t25-,30-/m1/s1. The maximum atomic E-state index is 14.6. The first-order valence-corrected chi connectivity index (χ1v) is 13.2. The highest BCUT2D eigenvalue weighted by Crippen LogP contribution is 2.68. The Labute approximate surface area is 237 Å². The number of benzene rings is 4. The summed E-state index contributed by atoms with van der Waals surface area (Å²) in [5.74, 6) is -4.18. The summed E-state index contributed by atoms with van der Waals surface area (Å²) >= 11 is 6.15. The van der Waals surface area contributed by atoms with Crippen molar-refractivity contribution in [1.82, 2.24) is 0 Å². The molecule has 2 spiro atoms. The number of non-ortho nitro benzene ring substituents is 1. The van der Waals surface area contributed by atoms with Gasteiger partial charge in [-0.25, -0.2) is 0 Å². The summed E-state index contributed by atoms with van der Waals surface area (Å²) in [6, 6.07) is 24.1. The van der Waals surface area contributed by atoms with Crippen LogP contribution >= 0.6 is 11.6 Å². The van der Waals surface area contributed by atoms with Crippen LogP contribution in [0.5, 0.6) is 0 Å². The van der Waals surface area contributed by atoms with Crippen LogP contribution in [-0.4, -0.2) is 33.7 Å². The molecule has 2 aliphatic carbocycles. The second-order valence-corrected chi connectivity index (χ2v) is 10.8. The molecule has 0 bridgehead atoms. The molecule has 0 radical (unpaired) electrons. The highest BCUT2D eigenvalue weighted by atomic mass is 35.5. The summed E-state index contributed by atoms with van der Waals surface area (Å²) < 4.78 is 6.57. The van der Waals surface area contributed by atoms with Crippen molar-refractivity contribution in [2.75, 3.05) is 0 Å². The second-order valence-electron chi connectivity index (χ2n) is 10.3. The Balaban J connectivity index is 1.60. The van der Waals surface area contributed by atoms with Crippen molar-refractivity contribution in [3.05, 3.63) is 146 Å². The van der Waals surface area contributed by atoms with Crippen LogP contribution in [0.25, 0.3) is 0 Å². The summed E-state index contributed by atoms with van der Waals surface area (Å²) in [6.45, 7) is 0. The third-order valence-electron chi connectivity index (χ3n) is 8.43. The van der Waals surface area contributed by atoms with Gasteiger partial charge in [-0.2, -0.15) is 0 Å². The lowest BCUT2D eigenvalue weighted by molar-refractivity contribution is -0.384. The van der Waals surface area contributed by atoms with E-state index >= 15 is 0 Å². The minimum absolute atomic E-state index is 0.0928. The molecule has 7 rings (SSSR count). The third kappa shape index (κ3) is 3.08. The lowest BCUT2D eigenvalue weighted by Crippen LogP contribution is -2.51. The Morgan fingerprint density at radius 3 is 1.68 bits per heavy atom. The van der Waals surface area contributed by atoms with Gasteiger partial charge in [0.2, 0.25) is 17.2 Å². The van der Waals surface area contributed by atoms with Gasteiger partial charge < -0.3 is 4.74 Å². The third-order valence-corrected chi connectivity index (χ3v) is 8.68. The van der Waals surface area contributed by atoms with E-state index in [2.05, 4.69) is 0 Å². The van der Waals surface area contributed by atoms with Gasteiger partial charge in [0.25, 0.3) is 5.69 Å². The normalized spacial score (nSPS) is 21.5. The number of Topliss-reactive ketones (excluding diaryl/α,β-unsaturated/α-hetero) is 4. The monoisotopic (exact) mass is 563 g/mol. The van der Waals surface area contributed by atoms with Gasteiger partial charge in [-0.15, -0.1) is 0 Å². The molecule has 1 heterocycles. The molecular weight excluding hydrogens is 546 g/mol. The molecule has 0 unspecified atom stereocenters. The fraction of sp³-hybridized carbons (Fsp3) is 0.125. The molecule has 0 N–H and O–H groups in total. The number of nitrogens with zero attached hydrogens (tertiary/aromatic N) is 1. The van der Waals surface area contributed by atoms with Crippen LogP contribution in [0.3, 0.4) is 0 Å². The van der Waals surface area contributed by atoms with Crippen molar-refractivity contribution in [2.24, 2.45) is 5.41 Å². The number of carbonyl (C=O) groups excluding carboxylic acids is 4. The van der Waals surface area contributed by atoms with Crippen LogP contribution in [0, 0.1) is 15.5 Å². The van der Waals surface area contributed by atoms with Crippen molar-refractivity contribution < 1.29 is 28.8 Å². The van der Waals surface area contributed by atoms with Crippen molar-refractivity contribution in [1.29, 1.82) is 0 Å². The Bertz CT molecular complexity index is 1790. The number of nitro groups is 1. The Morgan fingerprint density at radius 1 is 0.659 bits per heavy atom. The van der Waals surface area contributed by atoms with Gasteiger partial charge in [0.1, 0.15) is 11.5 Å². The number of hydrogen-bond donors (Lipinski definition) is 0. The lowest BCUT2D eigenvalue weighted by Gasteiger charge is -2.34. The summed E-state index contributed by atoms with van der Waals surface area (Å²) in [6.07, 6.45) is -1.39. The zero-order valence-electron chi connectivity index (χ0n) is 21.1. The van der Waals surface area contributed by atoms with E-state index < -0.39 is 51.1 Å². The van der Waals surface area contributed by atoms with E-state index in [0.717, 1.165) is 0 Å². The molecule has 2 atom stereocenters. The largest absolute Gasteiger partial charge is 0.348 e. The quantitative estimate of drug-likeness (QED) is 0.171.